The van der Waals surface area contributed by atoms with E-state index in [1.54, 1.807) is 6.20 Å². The molecule has 2 fully saturated rings. The SMILES string of the molecule is COC(=O)COC1(c2ccc(Br)cn2)CCC2(CCNCC2)C1. The predicted octanol–water partition coefficient (Wildman–Crippen LogP) is 2.78. The number of esters is 1. The van der Waals surface area contributed by atoms with Gasteiger partial charge in [-0.3, -0.25) is 4.98 Å². The van der Waals surface area contributed by atoms with Crippen molar-refractivity contribution in [1.82, 2.24) is 10.3 Å². The van der Waals surface area contributed by atoms with Crippen LogP contribution in [0.25, 0.3) is 0 Å². The number of halogens is 1. The van der Waals surface area contributed by atoms with E-state index < -0.39 is 5.60 Å². The molecule has 23 heavy (non-hydrogen) atoms. The van der Waals surface area contributed by atoms with Crippen LogP contribution in [0.1, 0.15) is 37.8 Å². The molecule has 0 amide bonds. The summed E-state index contributed by atoms with van der Waals surface area (Å²) in [5, 5.41) is 3.43. The predicted molar refractivity (Wildman–Crippen MR) is 90.0 cm³/mol. The van der Waals surface area contributed by atoms with E-state index in [1.807, 2.05) is 12.1 Å². The van der Waals surface area contributed by atoms with Crippen LogP contribution in [0.5, 0.6) is 0 Å². The van der Waals surface area contributed by atoms with Crippen molar-refractivity contribution >= 4 is 21.9 Å². The van der Waals surface area contributed by atoms with Gasteiger partial charge in [0.05, 0.1) is 12.8 Å². The van der Waals surface area contributed by atoms with Crippen molar-refractivity contribution in [3.05, 3.63) is 28.5 Å². The average Bonchev–Trinajstić information content (AvgIpc) is 2.93. The number of carbonyl (C=O) groups is 1. The van der Waals surface area contributed by atoms with Crippen LogP contribution in [0, 0.1) is 5.41 Å². The summed E-state index contributed by atoms with van der Waals surface area (Å²) in [6.45, 7) is 2.09. The van der Waals surface area contributed by atoms with E-state index in [4.69, 9.17) is 9.47 Å². The first-order valence-electron chi connectivity index (χ1n) is 8.11. The van der Waals surface area contributed by atoms with Gasteiger partial charge in [0, 0.05) is 10.7 Å². The lowest BCUT2D eigenvalue weighted by Gasteiger charge is -2.36. The molecule has 2 aliphatic rings. The number of ether oxygens (including phenoxy) is 2. The molecule has 1 aliphatic carbocycles. The number of nitrogens with one attached hydrogen (secondary N) is 1. The summed E-state index contributed by atoms with van der Waals surface area (Å²) in [6.07, 6.45) is 7.06. The van der Waals surface area contributed by atoms with Crippen LogP contribution in [0.3, 0.4) is 0 Å². The fourth-order valence-corrected chi connectivity index (χ4v) is 4.19. The van der Waals surface area contributed by atoms with Crippen LogP contribution in [0.4, 0.5) is 0 Å². The van der Waals surface area contributed by atoms with Gasteiger partial charge in [0.25, 0.3) is 0 Å². The smallest absolute Gasteiger partial charge is 0.331 e. The number of rotatable bonds is 4. The van der Waals surface area contributed by atoms with E-state index >= 15 is 0 Å². The molecule has 1 aliphatic heterocycles. The minimum Gasteiger partial charge on any atom is -0.467 e. The third kappa shape index (κ3) is 3.59. The Kier molecular flexibility index (Phi) is 5.04. The maximum atomic E-state index is 11.6. The molecule has 5 nitrogen and oxygen atoms in total. The van der Waals surface area contributed by atoms with E-state index in [-0.39, 0.29) is 12.6 Å². The fourth-order valence-electron chi connectivity index (χ4n) is 3.95. The Morgan fingerprint density at radius 2 is 2.09 bits per heavy atom. The molecule has 3 rings (SSSR count). The molecule has 6 heteroatoms. The molecule has 126 valence electrons. The summed E-state index contributed by atoms with van der Waals surface area (Å²) in [4.78, 5) is 16.2. The van der Waals surface area contributed by atoms with Gasteiger partial charge in [0.2, 0.25) is 0 Å². The van der Waals surface area contributed by atoms with Crippen molar-refractivity contribution < 1.29 is 14.3 Å². The Bertz CT molecular complexity index is 557. The third-order valence-electron chi connectivity index (χ3n) is 5.27. The first-order valence-corrected chi connectivity index (χ1v) is 8.90. The van der Waals surface area contributed by atoms with Crippen molar-refractivity contribution in [1.29, 1.82) is 0 Å². The molecule has 1 unspecified atom stereocenters. The number of pyridine rings is 1. The molecule has 1 saturated carbocycles. The lowest BCUT2D eigenvalue weighted by atomic mass is 9.76. The second kappa shape index (κ2) is 6.87. The number of piperidine rings is 1. The number of aromatic nitrogens is 1. The maximum absolute atomic E-state index is 11.6. The van der Waals surface area contributed by atoms with Gasteiger partial charge in [-0.05, 0) is 78.7 Å². The van der Waals surface area contributed by atoms with E-state index in [0.29, 0.717) is 5.41 Å². The van der Waals surface area contributed by atoms with Gasteiger partial charge in [-0.15, -0.1) is 0 Å². The molecule has 0 radical (unpaired) electrons. The molecule has 1 spiro atoms. The zero-order valence-electron chi connectivity index (χ0n) is 13.4. The highest BCUT2D eigenvalue weighted by atomic mass is 79.9. The topological polar surface area (TPSA) is 60.5 Å². The first-order chi connectivity index (χ1) is 11.1. The molecular weight excluding hydrogens is 360 g/mol. The van der Waals surface area contributed by atoms with E-state index in [9.17, 15) is 4.79 Å². The largest absolute Gasteiger partial charge is 0.467 e. The van der Waals surface area contributed by atoms with E-state index in [1.165, 1.54) is 7.11 Å². The minimum absolute atomic E-state index is 0.0252. The highest BCUT2D eigenvalue weighted by Gasteiger charge is 2.51. The van der Waals surface area contributed by atoms with Crippen molar-refractivity contribution in [3.63, 3.8) is 0 Å². The summed E-state index contributed by atoms with van der Waals surface area (Å²) < 4.78 is 11.8. The standard InChI is InChI=1S/C17H23BrN2O3/c1-22-15(21)11-23-17(14-3-2-13(18)10-20-14)5-4-16(12-17)6-8-19-9-7-16/h2-3,10,19H,4-9,11-12H2,1H3. The molecule has 2 heterocycles. The van der Waals surface area contributed by atoms with Crippen LogP contribution in [-0.2, 0) is 19.9 Å². The van der Waals surface area contributed by atoms with Gasteiger partial charge < -0.3 is 14.8 Å². The Morgan fingerprint density at radius 3 is 2.74 bits per heavy atom. The molecule has 1 aromatic rings. The minimum atomic E-state index is -0.480. The number of methoxy groups -OCH3 is 1. The van der Waals surface area contributed by atoms with Gasteiger partial charge >= 0.3 is 5.97 Å². The van der Waals surface area contributed by atoms with Crippen molar-refractivity contribution in [3.8, 4) is 0 Å². The van der Waals surface area contributed by atoms with Crippen LogP contribution >= 0.6 is 15.9 Å². The molecule has 1 saturated heterocycles. The Labute approximate surface area is 145 Å². The Morgan fingerprint density at radius 1 is 1.30 bits per heavy atom. The van der Waals surface area contributed by atoms with Gasteiger partial charge in [0.15, 0.2) is 0 Å². The van der Waals surface area contributed by atoms with Crippen molar-refractivity contribution in [2.24, 2.45) is 5.41 Å². The third-order valence-corrected chi connectivity index (χ3v) is 5.74. The molecular formula is C17H23BrN2O3. The molecule has 0 aromatic carbocycles. The zero-order chi connectivity index (χ0) is 16.3. The lowest BCUT2D eigenvalue weighted by molar-refractivity contribution is -0.155. The first kappa shape index (κ1) is 16.9. The molecule has 1 atom stereocenters. The Hall–Kier alpha value is -0.980. The summed E-state index contributed by atoms with van der Waals surface area (Å²) in [7, 11) is 1.39. The van der Waals surface area contributed by atoms with Gasteiger partial charge in [0.1, 0.15) is 12.2 Å². The van der Waals surface area contributed by atoms with Crippen molar-refractivity contribution in [2.75, 3.05) is 26.8 Å². The highest BCUT2D eigenvalue weighted by Crippen LogP contribution is 2.55. The average molecular weight is 383 g/mol. The second-order valence-electron chi connectivity index (χ2n) is 6.65. The number of hydrogen-bond donors (Lipinski definition) is 1. The summed E-state index contributed by atoms with van der Waals surface area (Å²) in [5.41, 5.74) is 0.738. The van der Waals surface area contributed by atoms with Crippen LogP contribution in [0.2, 0.25) is 0 Å². The van der Waals surface area contributed by atoms with Crippen molar-refractivity contribution in [2.45, 2.75) is 37.7 Å². The van der Waals surface area contributed by atoms with Crippen LogP contribution < -0.4 is 5.32 Å². The summed E-state index contributed by atoms with van der Waals surface area (Å²) in [6, 6.07) is 3.99. The number of nitrogens with zero attached hydrogens (tertiary/aromatic N) is 1. The maximum Gasteiger partial charge on any atom is 0.331 e. The molecule has 0 bridgehead atoms. The molecule has 1 aromatic heterocycles. The second-order valence-corrected chi connectivity index (χ2v) is 7.56. The zero-order valence-corrected chi connectivity index (χ0v) is 15.0. The lowest BCUT2D eigenvalue weighted by Crippen LogP contribution is -2.38. The van der Waals surface area contributed by atoms with E-state index in [2.05, 4.69) is 26.2 Å². The summed E-state index contributed by atoms with van der Waals surface area (Å²) in [5.74, 6) is -0.340. The molecule has 1 N–H and O–H groups in total. The normalized spacial score (nSPS) is 26.3. The number of hydrogen-bond acceptors (Lipinski definition) is 5. The highest BCUT2D eigenvalue weighted by molar-refractivity contribution is 9.10. The van der Waals surface area contributed by atoms with E-state index in [0.717, 1.165) is 55.4 Å². The quantitative estimate of drug-likeness (QED) is 0.811. The van der Waals surface area contributed by atoms with Gasteiger partial charge in [-0.25, -0.2) is 4.79 Å². The number of carbonyl (C=O) groups excluding carboxylic acids is 1. The van der Waals surface area contributed by atoms with Crippen LogP contribution in [-0.4, -0.2) is 37.8 Å². The fraction of sp³-hybridized carbons (Fsp3) is 0.647. The van der Waals surface area contributed by atoms with Gasteiger partial charge in [-0.2, -0.15) is 0 Å². The monoisotopic (exact) mass is 382 g/mol. The van der Waals surface area contributed by atoms with Crippen LogP contribution in [0.15, 0.2) is 22.8 Å². The summed E-state index contributed by atoms with van der Waals surface area (Å²) >= 11 is 3.43. The van der Waals surface area contributed by atoms with Gasteiger partial charge in [-0.1, -0.05) is 0 Å². The Balaban J connectivity index is 1.85.